The quantitative estimate of drug-likeness (QED) is 0.863. The van der Waals surface area contributed by atoms with Crippen LogP contribution in [-0.2, 0) is 15.5 Å². The number of nitrogens with one attached hydrogen (secondary N) is 2. The second-order valence-electron chi connectivity index (χ2n) is 6.81. The van der Waals surface area contributed by atoms with E-state index in [0.717, 1.165) is 17.9 Å². The van der Waals surface area contributed by atoms with E-state index in [1.54, 1.807) is 0 Å². The molecule has 2 fully saturated rings. The molecule has 0 aromatic heterocycles. The molecule has 1 saturated heterocycles. The minimum atomic E-state index is -1.08. The zero-order chi connectivity index (χ0) is 16.4. The van der Waals surface area contributed by atoms with Crippen molar-refractivity contribution in [3.05, 3.63) is 30.3 Å². The molecule has 5 nitrogen and oxygen atoms in total. The Balaban J connectivity index is 1.43. The molecule has 6 heteroatoms. The van der Waals surface area contributed by atoms with Crippen LogP contribution in [0.1, 0.15) is 20.3 Å². The molecule has 4 unspecified atom stereocenters. The molecule has 0 radical (unpaired) electrons. The molecule has 0 bridgehead atoms. The normalized spacial score (nSPS) is 29.2. The van der Waals surface area contributed by atoms with Gasteiger partial charge in [-0.15, -0.1) is 0 Å². The van der Waals surface area contributed by atoms with Crippen LogP contribution in [-0.4, -0.2) is 41.3 Å². The van der Waals surface area contributed by atoms with Crippen LogP contribution in [0.5, 0.6) is 0 Å². The van der Waals surface area contributed by atoms with Gasteiger partial charge in [0.15, 0.2) is 0 Å². The van der Waals surface area contributed by atoms with Crippen molar-refractivity contribution < 1.29 is 13.7 Å². The smallest absolute Gasteiger partial charge is 0.315 e. The van der Waals surface area contributed by atoms with Crippen molar-refractivity contribution in [2.24, 2.45) is 11.3 Å². The SMILES string of the molecule is CC1(C)C(NC(=O)NCCS(=O)c2ccccc2)C2CCOC21. The molecule has 1 aromatic rings. The van der Waals surface area contributed by atoms with Crippen molar-refractivity contribution in [2.45, 2.75) is 37.3 Å². The van der Waals surface area contributed by atoms with Crippen LogP contribution in [0.25, 0.3) is 0 Å². The Morgan fingerprint density at radius 2 is 2.09 bits per heavy atom. The number of hydrogen-bond acceptors (Lipinski definition) is 3. The number of fused-ring (bicyclic) bond motifs is 1. The predicted octanol–water partition coefficient (Wildman–Crippen LogP) is 1.91. The lowest BCUT2D eigenvalue weighted by molar-refractivity contribution is -0.108. The number of carbonyl (C=O) groups excluding carboxylic acids is 1. The standard InChI is InChI=1S/C17H24N2O3S/c1-17(2)14(13-8-10-22-15(13)17)19-16(20)18-9-11-23(21)12-6-4-3-5-7-12/h3-7,13-15H,8-11H2,1-2H3,(H2,18,19,20). The first-order valence-corrected chi connectivity index (χ1v) is 9.41. The number of rotatable bonds is 5. The summed E-state index contributed by atoms with van der Waals surface area (Å²) in [6.07, 6.45) is 1.27. The molecule has 1 saturated carbocycles. The predicted molar refractivity (Wildman–Crippen MR) is 89.7 cm³/mol. The highest BCUT2D eigenvalue weighted by Crippen LogP contribution is 2.51. The van der Waals surface area contributed by atoms with E-state index in [4.69, 9.17) is 4.74 Å². The van der Waals surface area contributed by atoms with E-state index in [0.29, 0.717) is 18.2 Å². The highest BCUT2D eigenvalue weighted by molar-refractivity contribution is 7.85. The van der Waals surface area contributed by atoms with Crippen LogP contribution in [0, 0.1) is 11.3 Å². The van der Waals surface area contributed by atoms with E-state index in [2.05, 4.69) is 24.5 Å². The van der Waals surface area contributed by atoms with E-state index in [-0.39, 0.29) is 23.6 Å². The molecule has 0 spiro atoms. The van der Waals surface area contributed by atoms with Crippen molar-refractivity contribution in [1.82, 2.24) is 10.6 Å². The first-order valence-electron chi connectivity index (χ1n) is 8.09. The van der Waals surface area contributed by atoms with Gasteiger partial charge in [0.25, 0.3) is 0 Å². The molecule has 1 aliphatic carbocycles. The van der Waals surface area contributed by atoms with Crippen LogP contribution in [0.2, 0.25) is 0 Å². The highest BCUT2D eigenvalue weighted by atomic mass is 32.2. The minimum Gasteiger partial charge on any atom is -0.377 e. The molecule has 3 rings (SSSR count). The maximum atomic E-state index is 12.1. The fraction of sp³-hybridized carbons (Fsp3) is 0.588. The van der Waals surface area contributed by atoms with Crippen molar-refractivity contribution in [2.75, 3.05) is 18.9 Å². The monoisotopic (exact) mass is 336 g/mol. The number of amides is 2. The van der Waals surface area contributed by atoms with Crippen LogP contribution in [0.4, 0.5) is 4.79 Å². The van der Waals surface area contributed by atoms with Crippen molar-refractivity contribution in [1.29, 1.82) is 0 Å². The molecule has 2 N–H and O–H groups in total. The number of benzene rings is 1. The highest BCUT2D eigenvalue weighted by Gasteiger charge is 2.59. The molecule has 2 amide bonds. The van der Waals surface area contributed by atoms with Gasteiger partial charge in [-0.3, -0.25) is 4.21 Å². The number of hydrogen-bond donors (Lipinski definition) is 2. The molecule has 126 valence electrons. The van der Waals surface area contributed by atoms with Gasteiger partial charge in [0.1, 0.15) is 0 Å². The lowest BCUT2D eigenvalue weighted by Crippen LogP contribution is -2.67. The second-order valence-corrected chi connectivity index (χ2v) is 8.38. The largest absolute Gasteiger partial charge is 0.377 e. The molecular formula is C17H24N2O3S. The van der Waals surface area contributed by atoms with Gasteiger partial charge in [0.2, 0.25) is 0 Å². The average Bonchev–Trinajstić information content (AvgIpc) is 3.00. The molecule has 1 heterocycles. The van der Waals surface area contributed by atoms with Crippen molar-refractivity contribution >= 4 is 16.8 Å². The number of ether oxygens (including phenoxy) is 1. The Labute approximate surface area is 139 Å². The van der Waals surface area contributed by atoms with Gasteiger partial charge in [0, 0.05) is 41.2 Å². The lowest BCUT2D eigenvalue weighted by atomic mass is 9.57. The maximum Gasteiger partial charge on any atom is 0.315 e. The Morgan fingerprint density at radius 1 is 1.35 bits per heavy atom. The zero-order valence-electron chi connectivity index (χ0n) is 13.6. The Hall–Kier alpha value is -1.40. The fourth-order valence-corrected chi connectivity index (χ4v) is 4.74. The van der Waals surface area contributed by atoms with Gasteiger partial charge < -0.3 is 15.4 Å². The van der Waals surface area contributed by atoms with Gasteiger partial charge in [-0.2, -0.15) is 0 Å². The second kappa shape index (κ2) is 6.61. The Bertz CT molecular complexity index is 591. The summed E-state index contributed by atoms with van der Waals surface area (Å²) >= 11 is 0. The molecule has 1 aromatic carbocycles. The van der Waals surface area contributed by atoms with Gasteiger partial charge in [0.05, 0.1) is 16.9 Å². The van der Waals surface area contributed by atoms with Crippen LogP contribution >= 0.6 is 0 Å². The lowest BCUT2D eigenvalue weighted by Gasteiger charge is -2.54. The van der Waals surface area contributed by atoms with Gasteiger partial charge >= 0.3 is 6.03 Å². The molecule has 23 heavy (non-hydrogen) atoms. The van der Waals surface area contributed by atoms with Crippen molar-refractivity contribution in [3.63, 3.8) is 0 Å². The summed E-state index contributed by atoms with van der Waals surface area (Å²) in [5.74, 6) is 0.843. The average molecular weight is 336 g/mol. The third-order valence-electron chi connectivity index (χ3n) is 4.97. The first-order chi connectivity index (χ1) is 11.0. The van der Waals surface area contributed by atoms with Crippen LogP contribution in [0.15, 0.2) is 35.2 Å². The summed E-state index contributed by atoms with van der Waals surface area (Å²) in [6.45, 7) is 5.45. The molecule has 2 aliphatic rings. The van der Waals surface area contributed by atoms with Crippen molar-refractivity contribution in [3.8, 4) is 0 Å². The summed E-state index contributed by atoms with van der Waals surface area (Å²) in [5.41, 5.74) is -0.0225. The maximum absolute atomic E-state index is 12.1. The van der Waals surface area contributed by atoms with Gasteiger partial charge in [-0.05, 0) is 18.6 Å². The number of urea groups is 1. The first kappa shape index (κ1) is 16.5. The molecule has 1 aliphatic heterocycles. The summed E-state index contributed by atoms with van der Waals surface area (Å²) in [7, 11) is -1.08. The zero-order valence-corrected chi connectivity index (χ0v) is 14.4. The summed E-state index contributed by atoms with van der Waals surface area (Å²) in [5, 5.41) is 5.88. The third kappa shape index (κ3) is 3.28. The fourth-order valence-electron chi connectivity index (χ4n) is 3.76. The van der Waals surface area contributed by atoms with Crippen LogP contribution < -0.4 is 10.6 Å². The van der Waals surface area contributed by atoms with Gasteiger partial charge in [-0.25, -0.2) is 4.79 Å². The minimum absolute atomic E-state index is 0.0225. The topological polar surface area (TPSA) is 67.4 Å². The van der Waals surface area contributed by atoms with E-state index in [1.807, 2.05) is 30.3 Å². The van der Waals surface area contributed by atoms with Crippen LogP contribution in [0.3, 0.4) is 0 Å². The summed E-state index contributed by atoms with van der Waals surface area (Å²) in [4.78, 5) is 12.9. The molecule has 4 atom stereocenters. The summed E-state index contributed by atoms with van der Waals surface area (Å²) < 4.78 is 17.8. The molecular weight excluding hydrogens is 312 g/mol. The van der Waals surface area contributed by atoms with E-state index >= 15 is 0 Å². The third-order valence-corrected chi connectivity index (χ3v) is 6.34. The Kier molecular flexibility index (Phi) is 4.73. The summed E-state index contributed by atoms with van der Waals surface area (Å²) in [6, 6.07) is 9.28. The Morgan fingerprint density at radius 3 is 2.83 bits per heavy atom. The number of carbonyl (C=O) groups is 1. The van der Waals surface area contributed by atoms with E-state index < -0.39 is 10.8 Å². The van der Waals surface area contributed by atoms with E-state index in [1.165, 1.54) is 0 Å². The van der Waals surface area contributed by atoms with Gasteiger partial charge in [-0.1, -0.05) is 32.0 Å². The van der Waals surface area contributed by atoms with E-state index in [9.17, 15) is 9.00 Å².